The summed E-state index contributed by atoms with van der Waals surface area (Å²) in [6.07, 6.45) is 0.470. The van der Waals surface area contributed by atoms with Crippen molar-refractivity contribution < 1.29 is 36.7 Å². The molecule has 2 aromatic heterocycles. The van der Waals surface area contributed by atoms with Crippen molar-refractivity contribution in [3.8, 4) is 11.8 Å². The Labute approximate surface area is 291 Å². The van der Waals surface area contributed by atoms with Gasteiger partial charge in [0.05, 0.1) is 17.9 Å². The molecule has 0 radical (unpaired) electrons. The van der Waals surface area contributed by atoms with E-state index in [2.05, 4.69) is 30.9 Å². The first kappa shape index (κ1) is 36.0. The van der Waals surface area contributed by atoms with Gasteiger partial charge in [0.15, 0.2) is 6.61 Å². The molecule has 0 unspecified atom stereocenters. The highest BCUT2D eigenvalue weighted by molar-refractivity contribution is 6.32. The molecule has 12 nitrogen and oxygen atoms in total. The Bertz CT molecular complexity index is 1800. The average Bonchev–Trinajstić information content (AvgIpc) is 3.60. The lowest BCUT2D eigenvalue weighted by Gasteiger charge is -2.32. The molecular weight excluding hydrogens is 679 g/mol. The Kier molecular flexibility index (Phi) is 11.5. The Morgan fingerprint density at radius 2 is 1.86 bits per heavy atom. The van der Waals surface area contributed by atoms with Crippen LogP contribution in [0, 0.1) is 5.41 Å². The maximum Gasteiger partial charge on any atom is 0.422 e. The average molecular weight is 714 g/mol. The number of aromatic nitrogens is 3. The molecule has 264 valence electrons. The van der Waals surface area contributed by atoms with Crippen LogP contribution in [-0.4, -0.2) is 70.7 Å². The minimum Gasteiger partial charge on any atom is -0.492 e. The van der Waals surface area contributed by atoms with Gasteiger partial charge >= 0.3 is 12.2 Å². The van der Waals surface area contributed by atoms with E-state index in [0.29, 0.717) is 52.9 Å². The highest BCUT2D eigenvalue weighted by Crippen LogP contribution is 2.27. The second-order valence-electron chi connectivity index (χ2n) is 12.1. The molecule has 4 aromatic rings. The minimum atomic E-state index is -4.60. The molecule has 8 rings (SSSR count). The van der Waals surface area contributed by atoms with Crippen LogP contribution in [0.4, 0.5) is 30.8 Å². The van der Waals surface area contributed by atoms with E-state index < -0.39 is 24.2 Å². The van der Waals surface area contributed by atoms with Gasteiger partial charge in [0, 0.05) is 43.5 Å². The number of alkyl halides is 3. The summed E-state index contributed by atoms with van der Waals surface area (Å²) in [5.41, 5.74) is 1.01. The molecule has 0 saturated heterocycles. The topological polar surface area (TPSA) is 144 Å². The summed E-state index contributed by atoms with van der Waals surface area (Å²) >= 11 is 6.51. The summed E-state index contributed by atoms with van der Waals surface area (Å²) in [5.74, 6) is 0.284. The molecule has 4 aliphatic heterocycles. The first-order valence-electron chi connectivity index (χ1n) is 15.6. The van der Waals surface area contributed by atoms with Crippen LogP contribution in [0.3, 0.4) is 0 Å². The predicted octanol–water partition coefficient (Wildman–Crippen LogP) is 6.50. The van der Waals surface area contributed by atoms with E-state index in [-0.39, 0.29) is 43.4 Å². The Balaban J connectivity index is 1.38. The van der Waals surface area contributed by atoms with Crippen molar-refractivity contribution in [1.29, 1.82) is 0 Å². The van der Waals surface area contributed by atoms with E-state index in [1.807, 2.05) is 13.8 Å². The van der Waals surface area contributed by atoms with Crippen LogP contribution < -0.4 is 25.4 Å². The number of furan rings is 1. The highest BCUT2D eigenvalue weighted by atomic mass is 35.5. The lowest BCUT2D eigenvalue weighted by molar-refractivity contribution is -0.154. The molecule has 2 amide bonds. The summed E-state index contributed by atoms with van der Waals surface area (Å²) in [7, 11) is 0. The number of ether oxygens (including phenoxy) is 2. The van der Waals surface area contributed by atoms with Crippen molar-refractivity contribution in [1.82, 2.24) is 25.2 Å². The third kappa shape index (κ3) is 10.9. The van der Waals surface area contributed by atoms with E-state index >= 15 is 0 Å². The third-order valence-electron chi connectivity index (χ3n) is 7.25. The first-order valence-corrected chi connectivity index (χ1v) is 16.0. The molecular formula is C34H35ClF3N7O5. The molecule has 0 aliphatic carbocycles. The molecule has 3 N–H and O–H groups in total. The molecule has 4 aliphatic rings. The van der Waals surface area contributed by atoms with E-state index in [4.69, 9.17) is 25.5 Å². The monoisotopic (exact) mass is 713 g/mol. The molecule has 6 bridgehead atoms. The molecule has 6 heterocycles. The van der Waals surface area contributed by atoms with E-state index in [1.54, 1.807) is 65.6 Å². The summed E-state index contributed by atoms with van der Waals surface area (Å²) < 4.78 is 54.7. The lowest BCUT2D eigenvalue weighted by atomic mass is 9.92. The second kappa shape index (κ2) is 15.9. The van der Waals surface area contributed by atoms with Crippen LogP contribution in [0.25, 0.3) is 6.08 Å². The highest BCUT2D eigenvalue weighted by Gasteiger charge is 2.29. The van der Waals surface area contributed by atoms with Gasteiger partial charge in [-0.25, -0.2) is 0 Å². The van der Waals surface area contributed by atoms with Gasteiger partial charge in [-0.3, -0.25) is 9.59 Å². The quantitative estimate of drug-likeness (QED) is 0.201. The summed E-state index contributed by atoms with van der Waals surface area (Å²) in [6, 6.07) is 14.4. The predicted molar refractivity (Wildman–Crippen MR) is 180 cm³/mol. The molecule has 0 spiro atoms. The summed E-state index contributed by atoms with van der Waals surface area (Å²) in [5, 5.41) is 9.13. The fraction of sp³-hybridized carbons (Fsp3) is 0.324. The van der Waals surface area contributed by atoms with Gasteiger partial charge in [0.25, 0.3) is 5.91 Å². The van der Waals surface area contributed by atoms with Crippen LogP contribution >= 0.6 is 11.6 Å². The van der Waals surface area contributed by atoms with Crippen molar-refractivity contribution in [3.05, 3.63) is 88.8 Å². The molecule has 0 saturated carbocycles. The van der Waals surface area contributed by atoms with Crippen molar-refractivity contribution in [2.24, 2.45) is 5.41 Å². The number of amides is 2. The third-order valence-corrected chi connectivity index (χ3v) is 7.55. The van der Waals surface area contributed by atoms with Crippen LogP contribution in [0.1, 0.15) is 41.9 Å². The number of nitrogens with zero attached hydrogens (tertiary/aromatic N) is 4. The number of carbonyl (C=O) groups excluding carboxylic acids is 2. The number of hydrogen-bond acceptors (Lipinski definition) is 10. The largest absolute Gasteiger partial charge is 0.492 e. The van der Waals surface area contributed by atoms with Crippen molar-refractivity contribution >= 4 is 47.1 Å². The smallest absolute Gasteiger partial charge is 0.422 e. The summed E-state index contributed by atoms with van der Waals surface area (Å²) in [4.78, 5) is 40.3. The van der Waals surface area contributed by atoms with Crippen LogP contribution in [0.2, 0.25) is 5.02 Å². The summed E-state index contributed by atoms with van der Waals surface area (Å²) in [6.45, 7) is 3.69. The van der Waals surface area contributed by atoms with Gasteiger partial charge in [0.1, 0.15) is 11.5 Å². The molecule has 0 fully saturated rings. The fourth-order valence-corrected chi connectivity index (χ4v) is 5.09. The Hall–Kier alpha value is -5.31. The van der Waals surface area contributed by atoms with Crippen molar-refractivity contribution in [2.45, 2.75) is 33.0 Å². The van der Waals surface area contributed by atoms with E-state index in [1.165, 1.54) is 12.3 Å². The second-order valence-corrected chi connectivity index (χ2v) is 12.6. The van der Waals surface area contributed by atoms with E-state index in [0.717, 1.165) is 0 Å². The lowest BCUT2D eigenvalue weighted by Crippen LogP contribution is -2.44. The maximum absolute atomic E-state index is 13.3. The Morgan fingerprint density at radius 1 is 1.08 bits per heavy atom. The Morgan fingerprint density at radius 3 is 2.58 bits per heavy atom. The normalized spacial score (nSPS) is 15.8. The van der Waals surface area contributed by atoms with Gasteiger partial charge < -0.3 is 34.7 Å². The molecule has 2 aromatic carbocycles. The van der Waals surface area contributed by atoms with Crippen LogP contribution in [0.15, 0.2) is 71.4 Å². The zero-order valence-electron chi connectivity index (χ0n) is 27.2. The standard InChI is InChI=1S/C34H35ClF3N7O5/c1-33(2)19-40-29(47)23-7-9-24(10-8-23)41-31-42-30(43-32(44-31)50-21-34(36,37)38)39-18-22-6-12-27(26(35)17-22)49-16-4-14-45(20-33)28(46)13-11-25-5-3-15-48-25/h3,5-13,15,17H,4,14,16,18-21H2,1-2H3,(H,40,47)(H2,39,41,42,43,44)/b13-11+. The SMILES string of the molecule is CC1(C)CNC(=O)c2ccc(cc2)Nc2nc(nc(OCC(F)(F)F)n2)NCc2ccc(c(Cl)c2)OCCCN(C(=O)/C=C/c2ccco2)C1. The van der Waals surface area contributed by atoms with Gasteiger partial charge in [-0.15, -0.1) is 0 Å². The van der Waals surface area contributed by atoms with Gasteiger partial charge in [-0.1, -0.05) is 31.5 Å². The fourth-order valence-electron chi connectivity index (χ4n) is 4.83. The van der Waals surface area contributed by atoms with Crippen molar-refractivity contribution in [3.63, 3.8) is 0 Å². The van der Waals surface area contributed by atoms with Gasteiger partial charge in [0.2, 0.25) is 17.8 Å². The number of halogens is 4. The van der Waals surface area contributed by atoms with Gasteiger partial charge in [-0.05, 0) is 72.0 Å². The van der Waals surface area contributed by atoms with Crippen molar-refractivity contribution in [2.75, 3.05) is 43.5 Å². The number of benzene rings is 2. The maximum atomic E-state index is 13.3. The number of rotatable bonds is 4. The number of anilines is 3. The van der Waals surface area contributed by atoms with Crippen LogP contribution in [0.5, 0.6) is 11.8 Å². The molecule has 16 heteroatoms. The number of nitrogens with one attached hydrogen (secondary N) is 3. The minimum absolute atomic E-state index is 0.0534. The van der Waals surface area contributed by atoms with Gasteiger partial charge in [-0.2, -0.15) is 28.1 Å². The first-order chi connectivity index (χ1) is 23.8. The zero-order valence-corrected chi connectivity index (χ0v) is 28.0. The molecule has 50 heavy (non-hydrogen) atoms. The molecule has 0 atom stereocenters. The zero-order chi connectivity index (χ0) is 35.7. The van der Waals surface area contributed by atoms with Crippen LogP contribution in [-0.2, 0) is 11.3 Å². The number of carbonyl (C=O) groups is 2. The number of hydrogen-bond donors (Lipinski definition) is 3. The van der Waals surface area contributed by atoms with E-state index in [9.17, 15) is 22.8 Å².